The smallest absolute Gasteiger partial charge is 0.322 e. The highest BCUT2D eigenvalue weighted by Gasteiger charge is 2.73. The van der Waals surface area contributed by atoms with E-state index in [1.54, 1.807) is 30.3 Å². The Morgan fingerprint density at radius 1 is 0.811 bits per heavy atom. The first kappa shape index (κ1) is 28.2. The monoisotopic (exact) mass is 590 g/mol. The van der Waals surface area contributed by atoms with E-state index in [2.05, 4.69) is 21.2 Å². The third kappa shape index (κ3) is 5.48. The van der Waals surface area contributed by atoms with Gasteiger partial charge in [0.2, 0.25) is 0 Å². The largest absolute Gasteiger partial charge is 0.435 e. The highest BCUT2D eigenvalue weighted by molar-refractivity contribution is 9.10. The number of hydrogen-bond donors (Lipinski definition) is 1. The van der Waals surface area contributed by atoms with Crippen molar-refractivity contribution in [1.82, 2.24) is 0 Å². The predicted octanol–water partition coefficient (Wildman–Crippen LogP) is 7.58. The van der Waals surface area contributed by atoms with Gasteiger partial charge < -0.3 is 10.2 Å². The van der Waals surface area contributed by atoms with Crippen LogP contribution in [0.3, 0.4) is 0 Å². The molecule has 37 heavy (non-hydrogen) atoms. The minimum absolute atomic E-state index is 0.0640. The molecule has 0 unspecified atom stereocenters. The van der Waals surface area contributed by atoms with Crippen molar-refractivity contribution < 1.29 is 40.3 Å². The van der Waals surface area contributed by atoms with Crippen LogP contribution in [-0.4, -0.2) is 31.2 Å². The Hall–Kier alpha value is -3.41. The van der Waals surface area contributed by atoms with E-state index < -0.39 is 35.4 Å². The number of nitrogens with zero attached hydrogens (tertiary/aromatic N) is 1. The van der Waals surface area contributed by atoms with Crippen molar-refractivity contribution in [3.05, 3.63) is 93.5 Å². The molecule has 0 aliphatic carbocycles. The molecule has 0 fully saturated rings. The molecule has 0 heterocycles. The number of anilines is 2. The Balaban J connectivity index is 1.93. The number of nitrogens with one attached hydrogen (secondary N) is 1. The van der Waals surface area contributed by atoms with Gasteiger partial charge >= 0.3 is 18.0 Å². The molecule has 1 N–H and O–H groups in total. The number of halogens is 8. The van der Waals surface area contributed by atoms with Crippen LogP contribution < -0.4 is 10.2 Å². The standard InChI is InChI=1S/C25H18BrF7N2O2/c1-14-11-17(23(27,24(28,29)30)25(31,32)33)13-19(26)20(14)35(2)22(37)16-9-6-10-18(12-16)34-21(36)15-7-4-3-5-8-15/h3-13H,1-2H3,(H,34,36). The van der Waals surface area contributed by atoms with Crippen LogP contribution >= 0.6 is 15.9 Å². The SMILES string of the molecule is Cc1cc(C(F)(C(F)(F)F)C(F)(F)F)cc(Br)c1N(C)C(=O)c1cccc(NC(=O)c2ccccc2)c1. The predicted molar refractivity (Wildman–Crippen MR) is 127 cm³/mol. The van der Waals surface area contributed by atoms with Crippen LogP contribution in [0.15, 0.2) is 71.2 Å². The van der Waals surface area contributed by atoms with Crippen molar-refractivity contribution in [3.8, 4) is 0 Å². The average molecular weight is 591 g/mol. The van der Waals surface area contributed by atoms with Crippen LogP contribution in [0.4, 0.5) is 42.1 Å². The fourth-order valence-corrected chi connectivity index (χ4v) is 4.49. The van der Waals surface area contributed by atoms with Crippen LogP contribution in [0.25, 0.3) is 0 Å². The zero-order valence-corrected chi connectivity index (χ0v) is 20.7. The summed E-state index contributed by atoms with van der Waals surface area (Å²) in [4.78, 5) is 26.5. The summed E-state index contributed by atoms with van der Waals surface area (Å²) < 4.78 is 93.3. The van der Waals surface area contributed by atoms with Crippen LogP contribution in [-0.2, 0) is 5.67 Å². The molecule has 3 aromatic carbocycles. The van der Waals surface area contributed by atoms with E-state index >= 15 is 0 Å². The van der Waals surface area contributed by atoms with Gasteiger partial charge in [0.15, 0.2) is 0 Å². The van der Waals surface area contributed by atoms with Crippen LogP contribution in [0, 0.1) is 6.92 Å². The molecule has 0 aliphatic rings. The molecule has 0 bridgehead atoms. The molecule has 3 rings (SSSR count). The zero-order chi connectivity index (χ0) is 27.8. The number of alkyl halides is 7. The zero-order valence-electron chi connectivity index (χ0n) is 19.1. The Bertz CT molecular complexity index is 1290. The maximum absolute atomic E-state index is 14.5. The topological polar surface area (TPSA) is 49.4 Å². The van der Waals surface area contributed by atoms with Crippen molar-refractivity contribution in [2.24, 2.45) is 0 Å². The Morgan fingerprint density at radius 2 is 1.38 bits per heavy atom. The van der Waals surface area contributed by atoms with E-state index in [9.17, 15) is 40.3 Å². The number of carbonyl (C=O) groups excluding carboxylic acids is 2. The lowest BCUT2D eigenvalue weighted by molar-refractivity contribution is -0.348. The van der Waals surface area contributed by atoms with E-state index in [4.69, 9.17) is 0 Å². The van der Waals surface area contributed by atoms with E-state index in [0.717, 1.165) is 11.8 Å². The molecule has 4 nitrogen and oxygen atoms in total. The van der Waals surface area contributed by atoms with Crippen LogP contribution in [0.1, 0.15) is 31.8 Å². The van der Waals surface area contributed by atoms with Crippen LogP contribution in [0.5, 0.6) is 0 Å². The molecule has 2 amide bonds. The summed E-state index contributed by atoms with van der Waals surface area (Å²) in [6.45, 7) is 1.15. The van der Waals surface area contributed by atoms with Crippen molar-refractivity contribution in [3.63, 3.8) is 0 Å². The number of amides is 2. The maximum Gasteiger partial charge on any atom is 0.435 e. The number of benzene rings is 3. The summed E-state index contributed by atoms with van der Waals surface area (Å²) in [7, 11) is 1.25. The average Bonchev–Trinajstić information content (AvgIpc) is 2.81. The minimum atomic E-state index is -6.27. The van der Waals surface area contributed by atoms with E-state index in [0.29, 0.717) is 17.7 Å². The van der Waals surface area contributed by atoms with E-state index in [1.807, 2.05) is 0 Å². The third-order valence-electron chi connectivity index (χ3n) is 5.48. The highest BCUT2D eigenvalue weighted by Crippen LogP contribution is 2.54. The van der Waals surface area contributed by atoms with Crippen molar-refractivity contribution in [2.45, 2.75) is 24.9 Å². The maximum atomic E-state index is 14.5. The molecule has 0 spiro atoms. The minimum Gasteiger partial charge on any atom is -0.322 e. The van der Waals surface area contributed by atoms with E-state index in [-0.39, 0.29) is 27.0 Å². The number of rotatable bonds is 5. The molecule has 3 aromatic rings. The van der Waals surface area contributed by atoms with Gasteiger partial charge in [-0.15, -0.1) is 0 Å². The number of aryl methyl sites for hydroxylation is 1. The van der Waals surface area contributed by atoms with Gasteiger partial charge in [0.25, 0.3) is 11.8 Å². The second-order valence-electron chi connectivity index (χ2n) is 8.04. The Morgan fingerprint density at radius 3 is 1.92 bits per heavy atom. The third-order valence-corrected chi connectivity index (χ3v) is 6.08. The molecule has 0 aromatic heterocycles. The number of hydrogen-bond acceptors (Lipinski definition) is 2. The molecular formula is C25H18BrF7N2O2. The first-order chi connectivity index (χ1) is 17.1. The highest BCUT2D eigenvalue weighted by atomic mass is 79.9. The van der Waals surface area contributed by atoms with Gasteiger partial charge in [-0.2, -0.15) is 26.3 Å². The summed E-state index contributed by atoms with van der Waals surface area (Å²) >= 11 is 2.89. The second kappa shape index (κ2) is 10.2. The van der Waals surface area contributed by atoms with Gasteiger partial charge in [0.1, 0.15) is 0 Å². The molecule has 12 heteroatoms. The van der Waals surface area contributed by atoms with Crippen LogP contribution in [0.2, 0.25) is 0 Å². The Labute approximate surface area is 215 Å². The molecule has 0 saturated carbocycles. The lowest BCUT2D eigenvalue weighted by Crippen LogP contribution is -2.50. The first-order valence-electron chi connectivity index (χ1n) is 10.5. The van der Waals surface area contributed by atoms with Gasteiger partial charge in [0.05, 0.1) is 5.69 Å². The van der Waals surface area contributed by atoms with Gasteiger partial charge in [0, 0.05) is 33.9 Å². The summed E-state index contributed by atoms with van der Waals surface area (Å²) in [5.74, 6) is -1.12. The van der Waals surface area contributed by atoms with Gasteiger partial charge in [-0.05, 0) is 64.8 Å². The fraction of sp³-hybridized carbons (Fsp3) is 0.200. The number of carbonyl (C=O) groups is 2. The van der Waals surface area contributed by atoms with Gasteiger partial charge in [-0.3, -0.25) is 9.59 Å². The second-order valence-corrected chi connectivity index (χ2v) is 8.90. The summed E-state index contributed by atoms with van der Waals surface area (Å²) in [5, 5.41) is 2.63. The van der Waals surface area contributed by atoms with Gasteiger partial charge in [-0.25, -0.2) is 4.39 Å². The van der Waals surface area contributed by atoms with Gasteiger partial charge in [-0.1, -0.05) is 30.3 Å². The molecule has 0 atom stereocenters. The molecule has 196 valence electrons. The van der Waals surface area contributed by atoms with Crippen molar-refractivity contribution >= 4 is 39.1 Å². The fourth-order valence-electron chi connectivity index (χ4n) is 3.67. The first-order valence-corrected chi connectivity index (χ1v) is 11.2. The lowest BCUT2D eigenvalue weighted by Gasteiger charge is -2.31. The van der Waals surface area contributed by atoms with Crippen molar-refractivity contribution in [2.75, 3.05) is 17.3 Å². The summed E-state index contributed by atoms with van der Waals surface area (Å²) in [6, 6.07) is 14.8. The lowest BCUT2D eigenvalue weighted by atomic mass is 9.92. The van der Waals surface area contributed by atoms with E-state index in [1.165, 1.54) is 31.3 Å². The van der Waals surface area contributed by atoms with Crippen molar-refractivity contribution in [1.29, 1.82) is 0 Å². The summed E-state index contributed by atoms with van der Waals surface area (Å²) in [6.07, 6.45) is -12.5. The summed E-state index contributed by atoms with van der Waals surface area (Å²) in [5.41, 5.74) is -6.86. The molecule has 0 saturated heterocycles. The quantitative estimate of drug-likeness (QED) is 0.311. The Kier molecular flexibility index (Phi) is 7.73. The molecular weight excluding hydrogens is 573 g/mol. The molecule has 0 radical (unpaired) electrons. The normalized spacial score (nSPS) is 12.3. The molecule has 0 aliphatic heterocycles.